The predicted octanol–water partition coefficient (Wildman–Crippen LogP) is 4.10. The molecule has 0 aliphatic rings. The summed E-state index contributed by atoms with van der Waals surface area (Å²) in [7, 11) is 0. The van der Waals surface area contributed by atoms with Gasteiger partial charge in [-0.3, -0.25) is 0 Å². The van der Waals surface area contributed by atoms with E-state index in [4.69, 9.17) is 9.52 Å². The summed E-state index contributed by atoms with van der Waals surface area (Å²) < 4.78 is 5.58. The van der Waals surface area contributed by atoms with Gasteiger partial charge in [0.25, 0.3) is 6.01 Å². The van der Waals surface area contributed by atoms with E-state index < -0.39 is 5.97 Å². The Morgan fingerprint density at radius 3 is 2.70 bits per heavy atom. The number of phenolic OH excluding ortho intramolecular Hbond substituents is 1. The van der Waals surface area contributed by atoms with Gasteiger partial charge in [0.1, 0.15) is 11.3 Å². The van der Waals surface area contributed by atoms with E-state index in [0.717, 1.165) is 5.56 Å². The van der Waals surface area contributed by atoms with Crippen molar-refractivity contribution in [2.75, 3.05) is 5.32 Å². The molecule has 0 atom stereocenters. The van der Waals surface area contributed by atoms with Crippen molar-refractivity contribution in [1.29, 1.82) is 0 Å². The third kappa shape index (κ3) is 2.96. The second-order valence-electron chi connectivity index (χ2n) is 5.56. The number of oxazole rings is 1. The van der Waals surface area contributed by atoms with Crippen molar-refractivity contribution < 1.29 is 19.4 Å². The van der Waals surface area contributed by atoms with Crippen molar-refractivity contribution in [3.8, 4) is 5.75 Å². The summed E-state index contributed by atoms with van der Waals surface area (Å²) in [6, 6.07) is 9.92. The lowest BCUT2D eigenvalue weighted by molar-refractivity contribution is 0.0697. The SMILES string of the molecule is CC(C)c1ccc2oc(Nc3cc(C(=O)O)ccc3O)nc2c1. The van der Waals surface area contributed by atoms with E-state index in [1.807, 2.05) is 18.2 Å². The Morgan fingerprint density at radius 1 is 1.22 bits per heavy atom. The summed E-state index contributed by atoms with van der Waals surface area (Å²) in [6.07, 6.45) is 0. The van der Waals surface area contributed by atoms with Crippen molar-refractivity contribution >= 4 is 28.8 Å². The quantitative estimate of drug-likeness (QED) is 0.628. The zero-order valence-corrected chi connectivity index (χ0v) is 12.7. The highest BCUT2D eigenvalue weighted by molar-refractivity contribution is 5.90. The third-order valence-electron chi connectivity index (χ3n) is 3.56. The number of aromatic hydroxyl groups is 1. The Labute approximate surface area is 132 Å². The van der Waals surface area contributed by atoms with Crippen LogP contribution in [0.15, 0.2) is 40.8 Å². The maximum atomic E-state index is 11.0. The van der Waals surface area contributed by atoms with Gasteiger partial charge in [0.05, 0.1) is 11.3 Å². The Bertz CT molecular complexity index is 883. The molecule has 3 aromatic rings. The van der Waals surface area contributed by atoms with Crippen LogP contribution in [0.25, 0.3) is 11.1 Å². The summed E-state index contributed by atoms with van der Waals surface area (Å²) in [5, 5.41) is 21.7. The van der Waals surface area contributed by atoms with Crippen molar-refractivity contribution in [2.24, 2.45) is 0 Å². The number of hydrogen-bond donors (Lipinski definition) is 3. The van der Waals surface area contributed by atoms with E-state index >= 15 is 0 Å². The standard InChI is InChI=1S/C17H16N2O4/c1-9(2)10-4-6-15-13(7-10)19-17(23-15)18-12-8-11(16(21)22)3-5-14(12)20/h3-9,20H,1-2H3,(H,18,19)(H,21,22). The molecule has 1 aromatic heterocycles. The Hall–Kier alpha value is -3.02. The maximum absolute atomic E-state index is 11.0. The molecule has 0 amide bonds. The first-order valence-electron chi connectivity index (χ1n) is 7.18. The number of hydrogen-bond acceptors (Lipinski definition) is 5. The summed E-state index contributed by atoms with van der Waals surface area (Å²) in [5.74, 6) is -0.781. The number of carbonyl (C=O) groups is 1. The van der Waals surface area contributed by atoms with Crippen LogP contribution in [0.1, 0.15) is 35.7 Å². The van der Waals surface area contributed by atoms with Crippen molar-refractivity contribution in [2.45, 2.75) is 19.8 Å². The lowest BCUT2D eigenvalue weighted by Crippen LogP contribution is -1.98. The topological polar surface area (TPSA) is 95.6 Å². The fourth-order valence-corrected chi connectivity index (χ4v) is 2.24. The van der Waals surface area contributed by atoms with Gasteiger partial charge in [0.15, 0.2) is 5.58 Å². The largest absolute Gasteiger partial charge is 0.506 e. The highest BCUT2D eigenvalue weighted by Crippen LogP contribution is 2.30. The number of anilines is 2. The van der Waals surface area contributed by atoms with Gasteiger partial charge in [-0.2, -0.15) is 4.98 Å². The normalized spacial score (nSPS) is 11.1. The monoisotopic (exact) mass is 312 g/mol. The van der Waals surface area contributed by atoms with Crippen LogP contribution < -0.4 is 5.32 Å². The molecule has 0 aliphatic heterocycles. The second kappa shape index (κ2) is 5.64. The molecule has 6 heteroatoms. The van der Waals surface area contributed by atoms with E-state index in [2.05, 4.69) is 24.1 Å². The van der Waals surface area contributed by atoms with E-state index in [-0.39, 0.29) is 23.0 Å². The maximum Gasteiger partial charge on any atom is 0.335 e. The Morgan fingerprint density at radius 2 is 2.00 bits per heavy atom. The number of nitrogens with one attached hydrogen (secondary N) is 1. The van der Waals surface area contributed by atoms with Crippen molar-refractivity contribution in [3.63, 3.8) is 0 Å². The number of aromatic nitrogens is 1. The van der Waals surface area contributed by atoms with Gasteiger partial charge in [-0.15, -0.1) is 0 Å². The number of phenols is 1. The van der Waals surface area contributed by atoms with E-state index in [1.54, 1.807) is 0 Å². The van der Waals surface area contributed by atoms with Crippen LogP contribution in [0, 0.1) is 0 Å². The van der Waals surface area contributed by atoms with Crippen LogP contribution in [0.4, 0.5) is 11.7 Å². The molecule has 0 radical (unpaired) electrons. The van der Waals surface area contributed by atoms with Crippen LogP contribution in [-0.2, 0) is 0 Å². The molecule has 0 spiro atoms. The molecule has 2 aromatic carbocycles. The average Bonchev–Trinajstić information content (AvgIpc) is 2.90. The summed E-state index contributed by atoms with van der Waals surface area (Å²) >= 11 is 0. The van der Waals surface area contributed by atoms with E-state index in [9.17, 15) is 9.90 Å². The van der Waals surface area contributed by atoms with E-state index in [0.29, 0.717) is 17.0 Å². The second-order valence-corrected chi connectivity index (χ2v) is 5.56. The van der Waals surface area contributed by atoms with Crippen molar-refractivity contribution in [1.82, 2.24) is 4.98 Å². The first-order chi connectivity index (χ1) is 10.9. The molecular weight excluding hydrogens is 296 g/mol. The average molecular weight is 312 g/mol. The van der Waals surface area contributed by atoms with Gasteiger partial charge in [0.2, 0.25) is 0 Å². The fraction of sp³-hybridized carbons (Fsp3) is 0.176. The molecule has 0 aliphatic carbocycles. The zero-order valence-electron chi connectivity index (χ0n) is 12.7. The van der Waals surface area contributed by atoms with Gasteiger partial charge < -0.3 is 19.9 Å². The number of carboxylic acids is 1. The first kappa shape index (κ1) is 14.9. The minimum absolute atomic E-state index is 0.0588. The van der Waals surface area contributed by atoms with Crippen LogP contribution >= 0.6 is 0 Å². The molecule has 3 N–H and O–H groups in total. The number of benzene rings is 2. The third-order valence-corrected chi connectivity index (χ3v) is 3.56. The van der Waals surface area contributed by atoms with Gasteiger partial charge in [0, 0.05) is 0 Å². The lowest BCUT2D eigenvalue weighted by Gasteiger charge is -2.05. The van der Waals surface area contributed by atoms with E-state index in [1.165, 1.54) is 18.2 Å². The first-order valence-corrected chi connectivity index (χ1v) is 7.18. The summed E-state index contributed by atoms with van der Waals surface area (Å²) in [4.78, 5) is 15.3. The Kier molecular flexibility index (Phi) is 3.65. The molecule has 1 heterocycles. The highest BCUT2D eigenvalue weighted by atomic mass is 16.4. The van der Waals surface area contributed by atoms with Gasteiger partial charge in [-0.05, 0) is 41.8 Å². The summed E-state index contributed by atoms with van der Waals surface area (Å²) in [5.41, 5.74) is 2.75. The molecule has 0 fully saturated rings. The molecule has 118 valence electrons. The van der Waals surface area contributed by atoms with Crippen molar-refractivity contribution in [3.05, 3.63) is 47.5 Å². The van der Waals surface area contributed by atoms with Crippen LogP contribution in [-0.4, -0.2) is 21.2 Å². The molecule has 0 saturated carbocycles. The van der Waals surface area contributed by atoms with Gasteiger partial charge in [-0.1, -0.05) is 19.9 Å². The number of aromatic carboxylic acids is 1. The van der Waals surface area contributed by atoms with Gasteiger partial charge in [-0.25, -0.2) is 4.79 Å². The lowest BCUT2D eigenvalue weighted by atomic mass is 10.0. The minimum Gasteiger partial charge on any atom is -0.506 e. The molecular formula is C17H16N2O4. The zero-order chi connectivity index (χ0) is 16.6. The highest BCUT2D eigenvalue weighted by Gasteiger charge is 2.12. The number of rotatable bonds is 4. The molecule has 0 unspecified atom stereocenters. The van der Waals surface area contributed by atoms with Crippen LogP contribution in [0.3, 0.4) is 0 Å². The predicted molar refractivity (Wildman–Crippen MR) is 86.4 cm³/mol. The summed E-state index contributed by atoms with van der Waals surface area (Å²) in [6.45, 7) is 4.19. The number of fused-ring (bicyclic) bond motifs is 1. The Balaban J connectivity index is 1.95. The number of carboxylic acid groups (broad SMARTS) is 1. The molecule has 3 rings (SSSR count). The minimum atomic E-state index is -1.08. The smallest absolute Gasteiger partial charge is 0.335 e. The molecule has 0 saturated heterocycles. The van der Waals surface area contributed by atoms with Crippen LogP contribution in [0.2, 0.25) is 0 Å². The molecule has 0 bridgehead atoms. The fourth-order valence-electron chi connectivity index (χ4n) is 2.24. The van der Waals surface area contributed by atoms with Gasteiger partial charge >= 0.3 is 5.97 Å². The van der Waals surface area contributed by atoms with Crippen LogP contribution in [0.5, 0.6) is 5.75 Å². The molecule has 23 heavy (non-hydrogen) atoms. The molecule has 6 nitrogen and oxygen atoms in total. The number of nitrogens with zero attached hydrogens (tertiary/aromatic N) is 1.